The summed E-state index contributed by atoms with van der Waals surface area (Å²) in [5.74, 6) is -1.72. The fourth-order valence-corrected chi connectivity index (χ4v) is 3.36. The van der Waals surface area contributed by atoms with E-state index in [1.165, 1.54) is 6.92 Å². The second-order valence-corrected chi connectivity index (χ2v) is 6.33. The lowest BCUT2D eigenvalue weighted by atomic mass is 9.76. The summed E-state index contributed by atoms with van der Waals surface area (Å²) < 4.78 is 11.2. The SMILES string of the molecule is CCOC(=O)[C@@H]1C[C@H](N=[N+]=[N-])[C@@H](NC(C)=O)[C@H](OC(CC)CC)[C@@H]1N=[N+]=[N-]. The van der Waals surface area contributed by atoms with Crippen LogP contribution in [-0.4, -0.2) is 48.8 Å². The standard InChI is InChI=1S/C16H27N7O4/c1-5-10(6-2)27-15-13(21-23-18)11(16(25)26-7-3)8-12(20-22-17)14(15)19-9(4)24/h10-15H,5-8H2,1-4H3,(H,19,24)/t11-,12+,13-,14-,15-/m1/s1. The average molecular weight is 381 g/mol. The molecule has 0 aromatic carbocycles. The van der Waals surface area contributed by atoms with Crippen molar-refractivity contribution in [2.24, 2.45) is 16.1 Å². The molecule has 27 heavy (non-hydrogen) atoms. The first-order valence-corrected chi connectivity index (χ1v) is 9.10. The lowest BCUT2D eigenvalue weighted by molar-refractivity contribution is -0.155. The molecule has 0 spiro atoms. The van der Waals surface area contributed by atoms with E-state index in [9.17, 15) is 9.59 Å². The molecule has 1 saturated carbocycles. The maximum atomic E-state index is 12.4. The molecule has 0 heterocycles. The van der Waals surface area contributed by atoms with Gasteiger partial charge in [-0.1, -0.05) is 24.1 Å². The van der Waals surface area contributed by atoms with Crippen LogP contribution in [0.2, 0.25) is 0 Å². The van der Waals surface area contributed by atoms with E-state index in [0.717, 1.165) is 0 Å². The van der Waals surface area contributed by atoms with Crippen LogP contribution < -0.4 is 5.32 Å². The molecule has 0 unspecified atom stereocenters. The van der Waals surface area contributed by atoms with Crippen LogP contribution in [0.4, 0.5) is 0 Å². The van der Waals surface area contributed by atoms with Gasteiger partial charge in [-0.25, -0.2) is 0 Å². The van der Waals surface area contributed by atoms with Gasteiger partial charge in [-0.3, -0.25) is 9.59 Å². The number of carbonyl (C=O) groups is 2. The summed E-state index contributed by atoms with van der Waals surface area (Å²) in [6.07, 6.45) is 0.474. The normalized spacial score (nSPS) is 27.2. The second kappa shape index (κ2) is 11.3. The molecule has 11 nitrogen and oxygen atoms in total. The van der Waals surface area contributed by atoms with Crippen LogP contribution in [0.1, 0.15) is 47.0 Å². The van der Waals surface area contributed by atoms with E-state index < -0.39 is 36.1 Å². The van der Waals surface area contributed by atoms with E-state index in [2.05, 4.69) is 25.4 Å². The molecule has 1 N–H and O–H groups in total. The van der Waals surface area contributed by atoms with Crippen LogP contribution in [0.25, 0.3) is 20.9 Å². The van der Waals surface area contributed by atoms with Crippen molar-refractivity contribution in [2.45, 2.75) is 77.3 Å². The molecule has 1 amide bonds. The monoisotopic (exact) mass is 381 g/mol. The highest BCUT2D eigenvalue weighted by atomic mass is 16.5. The summed E-state index contributed by atoms with van der Waals surface area (Å²) in [4.78, 5) is 29.9. The molecule has 1 aliphatic carbocycles. The number of amides is 1. The molecule has 0 aliphatic heterocycles. The smallest absolute Gasteiger partial charge is 0.309 e. The maximum absolute atomic E-state index is 12.4. The Bertz CT molecular complexity index is 612. The Morgan fingerprint density at radius 2 is 1.81 bits per heavy atom. The highest BCUT2D eigenvalue weighted by Gasteiger charge is 2.49. The van der Waals surface area contributed by atoms with Crippen LogP contribution in [0.15, 0.2) is 10.2 Å². The summed E-state index contributed by atoms with van der Waals surface area (Å²) in [6.45, 7) is 7.06. The van der Waals surface area contributed by atoms with Crippen LogP contribution >= 0.6 is 0 Å². The number of hydrogen-bond donors (Lipinski definition) is 1. The lowest BCUT2D eigenvalue weighted by Gasteiger charge is -2.44. The van der Waals surface area contributed by atoms with Crippen LogP contribution in [0, 0.1) is 5.92 Å². The van der Waals surface area contributed by atoms with Gasteiger partial charge in [-0.2, -0.15) is 0 Å². The number of nitrogens with zero attached hydrogens (tertiary/aromatic N) is 6. The van der Waals surface area contributed by atoms with E-state index >= 15 is 0 Å². The molecular formula is C16H27N7O4. The molecule has 11 heteroatoms. The summed E-state index contributed by atoms with van der Waals surface area (Å²) in [7, 11) is 0. The largest absolute Gasteiger partial charge is 0.466 e. The van der Waals surface area contributed by atoms with Crippen molar-refractivity contribution >= 4 is 11.9 Å². The third-order valence-corrected chi connectivity index (χ3v) is 4.62. The molecule has 0 radical (unpaired) electrons. The third-order valence-electron chi connectivity index (χ3n) is 4.62. The Morgan fingerprint density at radius 3 is 2.30 bits per heavy atom. The molecule has 1 aliphatic rings. The lowest BCUT2D eigenvalue weighted by Crippen LogP contribution is -2.62. The Hall–Kier alpha value is -2.48. The van der Waals surface area contributed by atoms with Crippen LogP contribution in [0.5, 0.6) is 0 Å². The van der Waals surface area contributed by atoms with E-state index in [4.69, 9.17) is 20.5 Å². The van der Waals surface area contributed by atoms with Crippen molar-refractivity contribution in [3.63, 3.8) is 0 Å². The third kappa shape index (κ3) is 6.02. The molecule has 1 fully saturated rings. The number of rotatable bonds is 9. The number of nitrogens with one attached hydrogen (secondary N) is 1. The Kier molecular flexibility index (Phi) is 9.42. The predicted octanol–water partition coefficient (Wildman–Crippen LogP) is 3.01. The minimum absolute atomic E-state index is 0.0836. The maximum Gasteiger partial charge on any atom is 0.309 e. The number of carbonyl (C=O) groups excluding carboxylic acids is 2. The predicted molar refractivity (Wildman–Crippen MR) is 97.5 cm³/mol. The molecule has 0 aromatic rings. The van der Waals surface area contributed by atoms with Gasteiger partial charge in [-0.05, 0) is 37.2 Å². The molecular weight excluding hydrogens is 354 g/mol. The van der Waals surface area contributed by atoms with E-state index in [1.54, 1.807) is 6.92 Å². The number of ether oxygens (including phenoxy) is 2. The fourth-order valence-electron chi connectivity index (χ4n) is 3.36. The van der Waals surface area contributed by atoms with Gasteiger partial charge >= 0.3 is 5.97 Å². The fraction of sp³-hybridized carbons (Fsp3) is 0.875. The van der Waals surface area contributed by atoms with Crippen molar-refractivity contribution < 1.29 is 19.1 Å². The summed E-state index contributed by atoms with van der Waals surface area (Å²) >= 11 is 0. The van der Waals surface area contributed by atoms with Gasteiger partial charge in [0.15, 0.2) is 0 Å². The summed E-state index contributed by atoms with van der Waals surface area (Å²) in [6, 6.07) is -2.35. The zero-order valence-electron chi connectivity index (χ0n) is 16.1. The van der Waals surface area contributed by atoms with Crippen molar-refractivity contribution in [1.82, 2.24) is 5.32 Å². The topological polar surface area (TPSA) is 162 Å². The van der Waals surface area contributed by atoms with Gasteiger partial charge in [0.25, 0.3) is 0 Å². The summed E-state index contributed by atoms with van der Waals surface area (Å²) in [5.41, 5.74) is 18.0. The van der Waals surface area contributed by atoms with Crippen molar-refractivity contribution in [3.05, 3.63) is 20.9 Å². The zero-order chi connectivity index (χ0) is 20.4. The Morgan fingerprint density at radius 1 is 1.19 bits per heavy atom. The first-order valence-electron chi connectivity index (χ1n) is 9.10. The van der Waals surface area contributed by atoms with Crippen LogP contribution in [0.3, 0.4) is 0 Å². The second-order valence-electron chi connectivity index (χ2n) is 6.33. The molecule has 5 atom stereocenters. The highest BCUT2D eigenvalue weighted by molar-refractivity contribution is 5.75. The van der Waals surface area contributed by atoms with E-state index in [1.807, 2.05) is 13.8 Å². The molecule has 1 rings (SSSR count). The average Bonchev–Trinajstić information content (AvgIpc) is 2.63. The number of hydrogen-bond acceptors (Lipinski definition) is 6. The Balaban J connectivity index is 3.40. The zero-order valence-corrected chi connectivity index (χ0v) is 16.1. The van der Waals surface area contributed by atoms with Gasteiger partial charge in [0, 0.05) is 16.7 Å². The minimum Gasteiger partial charge on any atom is -0.466 e. The minimum atomic E-state index is -0.892. The summed E-state index contributed by atoms with van der Waals surface area (Å²) in [5, 5.41) is 10.3. The van der Waals surface area contributed by atoms with Gasteiger partial charge in [0.05, 0.1) is 42.9 Å². The number of azide groups is 2. The molecule has 0 bridgehead atoms. The van der Waals surface area contributed by atoms with Crippen molar-refractivity contribution in [3.8, 4) is 0 Å². The van der Waals surface area contributed by atoms with Crippen molar-refractivity contribution in [2.75, 3.05) is 6.61 Å². The van der Waals surface area contributed by atoms with Gasteiger partial charge in [0.1, 0.15) is 0 Å². The molecule has 150 valence electrons. The van der Waals surface area contributed by atoms with Gasteiger partial charge in [-0.15, -0.1) is 0 Å². The first-order chi connectivity index (χ1) is 12.9. The quantitative estimate of drug-likeness (QED) is 0.281. The van der Waals surface area contributed by atoms with Crippen molar-refractivity contribution in [1.29, 1.82) is 0 Å². The molecule has 0 aromatic heterocycles. The molecule has 0 saturated heterocycles. The first kappa shape index (κ1) is 22.6. The van der Waals surface area contributed by atoms with Gasteiger partial charge < -0.3 is 14.8 Å². The van der Waals surface area contributed by atoms with E-state index in [0.29, 0.717) is 12.8 Å². The van der Waals surface area contributed by atoms with Gasteiger partial charge in [0.2, 0.25) is 5.91 Å². The van der Waals surface area contributed by atoms with E-state index in [-0.39, 0.29) is 25.0 Å². The number of esters is 1. The van der Waals surface area contributed by atoms with Crippen LogP contribution in [-0.2, 0) is 19.1 Å². The highest BCUT2D eigenvalue weighted by Crippen LogP contribution is 2.34. The Labute approximate surface area is 158 Å².